The monoisotopic (exact) mass is 126 g/mol. The summed E-state index contributed by atoms with van der Waals surface area (Å²) in [5.41, 5.74) is 0. The Bertz CT molecular complexity index is 114. The third kappa shape index (κ3) is 0.482. The second-order valence-corrected chi connectivity index (χ2v) is 3.38. The second kappa shape index (κ2) is 1.53. The van der Waals surface area contributed by atoms with Gasteiger partial charge in [0.15, 0.2) is 0 Å². The van der Waals surface area contributed by atoms with Crippen molar-refractivity contribution in [3.05, 3.63) is 12.2 Å². The molecule has 0 amide bonds. The Labute approximate surface area is 55.4 Å². The van der Waals surface area contributed by atoms with Crippen LogP contribution in [0.25, 0.3) is 0 Å². The Hall–Kier alpha value is 0.0900. The van der Waals surface area contributed by atoms with E-state index in [0.29, 0.717) is 5.25 Å². The van der Waals surface area contributed by atoms with E-state index in [4.69, 9.17) is 0 Å². The standard InChI is InChI=1S/C7H10S/c8-7-5-1-2-6(7)4-3-5/h1-2,5-8H,3-4H2. The summed E-state index contributed by atoms with van der Waals surface area (Å²) in [7, 11) is 0. The van der Waals surface area contributed by atoms with Gasteiger partial charge >= 0.3 is 0 Å². The molecule has 0 radical (unpaired) electrons. The maximum Gasteiger partial charge on any atom is 0.0142 e. The molecular weight excluding hydrogens is 116 g/mol. The van der Waals surface area contributed by atoms with Gasteiger partial charge in [0.2, 0.25) is 0 Å². The topological polar surface area (TPSA) is 0 Å². The maximum atomic E-state index is 4.48. The molecule has 0 aromatic carbocycles. The molecule has 2 rings (SSSR count). The third-order valence-electron chi connectivity index (χ3n) is 2.32. The summed E-state index contributed by atoms with van der Waals surface area (Å²) >= 11 is 4.48. The van der Waals surface area contributed by atoms with Crippen molar-refractivity contribution in [2.75, 3.05) is 0 Å². The van der Waals surface area contributed by atoms with Gasteiger partial charge in [-0.1, -0.05) is 12.2 Å². The van der Waals surface area contributed by atoms with Crippen molar-refractivity contribution in [1.82, 2.24) is 0 Å². The number of fused-ring (bicyclic) bond motifs is 2. The third-order valence-corrected chi connectivity index (χ3v) is 3.08. The SMILES string of the molecule is SC1C2C=CC1CC2. The molecule has 2 atom stereocenters. The zero-order valence-electron chi connectivity index (χ0n) is 4.75. The van der Waals surface area contributed by atoms with Gasteiger partial charge in [-0.3, -0.25) is 0 Å². The highest BCUT2D eigenvalue weighted by molar-refractivity contribution is 7.81. The zero-order chi connectivity index (χ0) is 5.56. The van der Waals surface area contributed by atoms with Crippen molar-refractivity contribution in [1.29, 1.82) is 0 Å². The van der Waals surface area contributed by atoms with E-state index in [0.717, 1.165) is 11.8 Å². The first-order chi connectivity index (χ1) is 3.88. The lowest BCUT2D eigenvalue weighted by Crippen LogP contribution is -2.03. The molecule has 0 spiro atoms. The predicted molar refractivity (Wildman–Crippen MR) is 38.1 cm³/mol. The minimum Gasteiger partial charge on any atom is -0.175 e. The summed E-state index contributed by atoms with van der Waals surface area (Å²) in [4.78, 5) is 0. The van der Waals surface area contributed by atoms with Crippen LogP contribution in [-0.2, 0) is 0 Å². The van der Waals surface area contributed by atoms with E-state index in [-0.39, 0.29) is 0 Å². The van der Waals surface area contributed by atoms with Crippen LogP contribution in [0, 0.1) is 11.8 Å². The first kappa shape index (κ1) is 4.92. The molecule has 44 valence electrons. The lowest BCUT2D eigenvalue weighted by Gasteiger charge is -2.04. The summed E-state index contributed by atoms with van der Waals surface area (Å²) in [5.74, 6) is 1.65. The van der Waals surface area contributed by atoms with Crippen LogP contribution in [0.3, 0.4) is 0 Å². The molecule has 0 saturated heterocycles. The summed E-state index contributed by atoms with van der Waals surface area (Å²) in [5, 5.41) is 0.676. The Morgan fingerprint density at radius 1 is 1.12 bits per heavy atom. The summed E-state index contributed by atoms with van der Waals surface area (Å²) < 4.78 is 0. The number of hydrogen-bond donors (Lipinski definition) is 1. The van der Waals surface area contributed by atoms with E-state index in [1.807, 2.05) is 0 Å². The normalized spacial score (nSPS) is 50.9. The lowest BCUT2D eigenvalue weighted by atomic mass is 10.1. The van der Waals surface area contributed by atoms with Crippen LogP contribution in [0.5, 0.6) is 0 Å². The van der Waals surface area contributed by atoms with Gasteiger partial charge in [-0.05, 0) is 24.7 Å². The van der Waals surface area contributed by atoms with Gasteiger partial charge in [-0.25, -0.2) is 0 Å². The Morgan fingerprint density at radius 2 is 1.62 bits per heavy atom. The fourth-order valence-electron chi connectivity index (χ4n) is 1.75. The van der Waals surface area contributed by atoms with Crippen molar-refractivity contribution >= 4 is 12.6 Å². The van der Waals surface area contributed by atoms with Crippen LogP contribution in [-0.4, -0.2) is 5.25 Å². The molecule has 0 aliphatic heterocycles. The van der Waals surface area contributed by atoms with Crippen molar-refractivity contribution in [2.24, 2.45) is 11.8 Å². The molecule has 0 heterocycles. The highest BCUT2D eigenvalue weighted by atomic mass is 32.1. The summed E-state index contributed by atoms with van der Waals surface area (Å²) in [6.45, 7) is 0. The van der Waals surface area contributed by atoms with Crippen LogP contribution in [0.15, 0.2) is 12.2 Å². The van der Waals surface area contributed by atoms with Crippen LogP contribution in [0.4, 0.5) is 0 Å². The van der Waals surface area contributed by atoms with Crippen LogP contribution in [0.1, 0.15) is 12.8 Å². The van der Waals surface area contributed by atoms with Crippen molar-refractivity contribution < 1.29 is 0 Å². The van der Waals surface area contributed by atoms with Crippen molar-refractivity contribution in [2.45, 2.75) is 18.1 Å². The Balaban J connectivity index is 2.27. The number of thiol groups is 1. The van der Waals surface area contributed by atoms with Crippen molar-refractivity contribution in [3.8, 4) is 0 Å². The molecule has 1 heteroatoms. The van der Waals surface area contributed by atoms with E-state index in [2.05, 4.69) is 24.8 Å². The molecule has 0 N–H and O–H groups in total. The van der Waals surface area contributed by atoms with E-state index >= 15 is 0 Å². The van der Waals surface area contributed by atoms with Gasteiger partial charge < -0.3 is 0 Å². The lowest BCUT2D eigenvalue weighted by molar-refractivity contribution is 0.705. The summed E-state index contributed by atoms with van der Waals surface area (Å²) in [6.07, 6.45) is 7.42. The molecule has 2 unspecified atom stereocenters. The minimum atomic E-state index is 0.676. The van der Waals surface area contributed by atoms with E-state index < -0.39 is 0 Å². The fourth-order valence-corrected chi connectivity index (χ4v) is 2.25. The Morgan fingerprint density at radius 3 is 1.75 bits per heavy atom. The highest BCUT2D eigenvalue weighted by Gasteiger charge is 2.34. The first-order valence-corrected chi connectivity index (χ1v) is 3.76. The smallest absolute Gasteiger partial charge is 0.0142 e. The highest BCUT2D eigenvalue weighted by Crippen LogP contribution is 2.42. The number of hydrogen-bond acceptors (Lipinski definition) is 1. The number of allylic oxidation sites excluding steroid dienone is 2. The second-order valence-electron chi connectivity index (χ2n) is 2.78. The van der Waals surface area contributed by atoms with Crippen molar-refractivity contribution in [3.63, 3.8) is 0 Å². The van der Waals surface area contributed by atoms with E-state index in [1.54, 1.807) is 0 Å². The van der Waals surface area contributed by atoms with Gasteiger partial charge in [0.25, 0.3) is 0 Å². The van der Waals surface area contributed by atoms with Crippen LogP contribution in [0.2, 0.25) is 0 Å². The van der Waals surface area contributed by atoms with Gasteiger partial charge in [0, 0.05) is 5.25 Å². The number of rotatable bonds is 0. The quantitative estimate of drug-likeness (QED) is 0.372. The van der Waals surface area contributed by atoms with Gasteiger partial charge in [0.1, 0.15) is 0 Å². The van der Waals surface area contributed by atoms with Crippen LogP contribution >= 0.6 is 12.6 Å². The average Bonchev–Trinajstić information content (AvgIpc) is 2.29. The molecule has 0 aromatic heterocycles. The van der Waals surface area contributed by atoms with E-state index in [9.17, 15) is 0 Å². The Kier molecular flexibility index (Phi) is 0.944. The average molecular weight is 126 g/mol. The molecule has 1 saturated carbocycles. The van der Waals surface area contributed by atoms with E-state index in [1.165, 1.54) is 12.8 Å². The zero-order valence-corrected chi connectivity index (χ0v) is 5.64. The molecule has 2 aliphatic carbocycles. The maximum absolute atomic E-state index is 4.48. The fraction of sp³-hybridized carbons (Fsp3) is 0.714. The first-order valence-electron chi connectivity index (χ1n) is 3.24. The molecular formula is C7H10S. The van der Waals surface area contributed by atoms with Crippen LogP contribution < -0.4 is 0 Å². The van der Waals surface area contributed by atoms with Gasteiger partial charge in [0.05, 0.1) is 0 Å². The van der Waals surface area contributed by atoms with Gasteiger partial charge in [-0.2, -0.15) is 12.6 Å². The molecule has 2 aliphatic rings. The molecule has 0 aromatic rings. The minimum absolute atomic E-state index is 0.676. The molecule has 1 fully saturated rings. The molecule has 2 bridgehead atoms. The molecule has 0 nitrogen and oxygen atoms in total. The predicted octanol–water partition coefficient (Wildman–Crippen LogP) is 1.88. The largest absolute Gasteiger partial charge is 0.175 e. The summed E-state index contributed by atoms with van der Waals surface area (Å²) in [6, 6.07) is 0. The molecule has 8 heavy (non-hydrogen) atoms. The van der Waals surface area contributed by atoms with Gasteiger partial charge in [-0.15, -0.1) is 0 Å².